The monoisotopic (exact) mass is 428 g/mol. The van der Waals surface area contributed by atoms with E-state index in [-0.39, 0.29) is 29.2 Å². The van der Waals surface area contributed by atoms with Crippen molar-refractivity contribution in [1.29, 1.82) is 0 Å². The van der Waals surface area contributed by atoms with Gasteiger partial charge in [0.2, 0.25) is 5.91 Å². The second-order valence-electron chi connectivity index (χ2n) is 8.45. The molecule has 2 aromatic rings. The summed E-state index contributed by atoms with van der Waals surface area (Å²) in [5.74, 6) is -1.43. The van der Waals surface area contributed by atoms with Crippen molar-refractivity contribution in [3.8, 4) is 0 Å². The number of primary amides is 1. The molecule has 2 aromatic carbocycles. The first-order chi connectivity index (χ1) is 14.9. The lowest BCUT2D eigenvalue weighted by molar-refractivity contribution is -0.183. The summed E-state index contributed by atoms with van der Waals surface area (Å²) in [6.45, 7) is 0.468. The Labute approximate surface area is 180 Å². The van der Waals surface area contributed by atoms with E-state index < -0.39 is 11.7 Å². The standard InChI is InChI=1S/C24H26F2N2O3/c25-19-8-6-17(7-9-19)22-11-12-31-28(22)24(30)18-4-1-15(2-5-18)13-16-3-10-21(26)20(14-16)23(27)29/h3,6-10,14-15,18,22H,1-2,4-5,11-13H2,(H2,27,29)/t15?,18?,22-/m0/s1. The van der Waals surface area contributed by atoms with Crippen molar-refractivity contribution in [1.82, 2.24) is 5.06 Å². The number of nitrogens with zero attached hydrogens (tertiary/aromatic N) is 1. The van der Waals surface area contributed by atoms with Gasteiger partial charge in [-0.05, 0) is 73.4 Å². The van der Waals surface area contributed by atoms with Crippen molar-refractivity contribution < 1.29 is 23.2 Å². The minimum Gasteiger partial charge on any atom is -0.366 e. The minimum atomic E-state index is -0.769. The molecule has 1 heterocycles. The number of amides is 2. The van der Waals surface area contributed by atoms with Gasteiger partial charge in [-0.25, -0.2) is 13.8 Å². The molecule has 0 aromatic heterocycles. The van der Waals surface area contributed by atoms with Crippen molar-refractivity contribution in [2.24, 2.45) is 17.6 Å². The summed E-state index contributed by atoms with van der Waals surface area (Å²) in [5, 5.41) is 1.48. The molecule has 164 valence electrons. The molecular formula is C24H26F2N2O3. The molecule has 2 aliphatic rings. The fourth-order valence-corrected chi connectivity index (χ4v) is 4.69. The Morgan fingerprint density at radius 1 is 1.00 bits per heavy atom. The summed E-state index contributed by atoms with van der Waals surface area (Å²) < 4.78 is 26.9. The summed E-state index contributed by atoms with van der Waals surface area (Å²) >= 11 is 0. The highest BCUT2D eigenvalue weighted by atomic mass is 19.1. The van der Waals surface area contributed by atoms with E-state index in [1.807, 2.05) is 0 Å². The van der Waals surface area contributed by atoms with Crippen LogP contribution in [0.25, 0.3) is 0 Å². The summed E-state index contributed by atoms with van der Waals surface area (Å²) in [4.78, 5) is 30.1. The van der Waals surface area contributed by atoms with Crippen LogP contribution >= 0.6 is 0 Å². The van der Waals surface area contributed by atoms with Gasteiger partial charge in [-0.15, -0.1) is 0 Å². The molecule has 1 atom stereocenters. The Bertz CT molecular complexity index is 956. The van der Waals surface area contributed by atoms with Crippen molar-refractivity contribution in [3.05, 3.63) is 70.8 Å². The molecule has 0 radical (unpaired) electrons. The van der Waals surface area contributed by atoms with Gasteiger partial charge in [-0.3, -0.25) is 14.4 Å². The van der Waals surface area contributed by atoms with Crippen LogP contribution in [-0.2, 0) is 16.1 Å². The number of carbonyl (C=O) groups is 2. The van der Waals surface area contributed by atoms with Crippen LogP contribution in [0.2, 0.25) is 0 Å². The average molecular weight is 428 g/mol. The van der Waals surface area contributed by atoms with Gasteiger partial charge in [-0.1, -0.05) is 18.2 Å². The van der Waals surface area contributed by atoms with Gasteiger partial charge in [0.25, 0.3) is 5.91 Å². The molecule has 31 heavy (non-hydrogen) atoms. The SMILES string of the molecule is NC(=O)c1cc(CC2CCC(C(=O)N3OCC[C@H]3c3ccc(F)cc3)CC2)ccc1F. The van der Waals surface area contributed by atoms with Gasteiger partial charge >= 0.3 is 0 Å². The zero-order valence-electron chi connectivity index (χ0n) is 17.2. The molecule has 7 heteroatoms. The zero-order valence-corrected chi connectivity index (χ0v) is 17.2. The minimum absolute atomic E-state index is 0.0110. The Balaban J connectivity index is 1.35. The number of hydrogen-bond donors (Lipinski definition) is 1. The fraction of sp³-hybridized carbons (Fsp3) is 0.417. The van der Waals surface area contributed by atoms with Crippen LogP contribution in [0.15, 0.2) is 42.5 Å². The lowest BCUT2D eigenvalue weighted by Gasteiger charge is -2.32. The Hall–Kier alpha value is -2.80. The predicted octanol–water partition coefficient (Wildman–Crippen LogP) is 4.32. The summed E-state index contributed by atoms with van der Waals surface area (Å²) in [6.07, 6.45) is 4.66. The van der Waals surface area contributed by atoms with E-state index in [9.17, 15) is 18.4 Å². The van der Waals surface area contributed by atoms with E-state index in [0.717, 1.165) is 43.2 Å². The Morgan fingerprint density at radius 3 is 2.39 bits per heavy atom. The molecule has 1 aliphatic heterocycles. The van der Waals surface area contributed by atoms with Crippen LogP contribution in [0.1, 0.15) is 59.6 Å². The van der Waals surface area contributed by atoms with Crippen LogP contribution in [0, 0.1) is 23.5 Å². The smallest absolute Gasteiger partial charge is 0.251 e. The lowest BCUT2D eigenvalue weighted by atomic mass is 9.78. The predicted molar refractivity (Wildman–Crippen MR) is 111 cm³/mol. The van der Waals surface area contributed by atoms with E-state index in [1.54, 1.807) is 18.2 Å². The number of hydroxylamine groups is 2. The van der Waals surface area contributed by atoms with Crippen LogP contribution in [-0.4, -0.2) is 23.5 Å². The quantitative estimate of drug-likeness (QED) is 0.771. The third-order valence-corrected chi connectivity index (χ3v) is 6.39. The van der Waals surface area contributed by atoms with E-state index in [4.69, 9.17) is 10.6 Å². The molecule has 1 saturated carbocycles. The Morgan fingerprint density at radius 2 is 1.71 bits per heavy atom. The molecule has 1 saturated heterocycles. The van der Waals surface area contributed by atoms with E-state index in [0.29, 0.717) is 18.9 Å². The number of hydrogen-bond acceptors (Lipinski definition) is 3. The molecule has 0 bridgehead atoms. The van der Waals surface area contributed by atoms with E-state index >= 15 is 0 Å². The van der Waals surface area contributed by atoms with E-state index in [2.05, 4.69) is 0 Å². The molecule has 0 unspecified atom stereocenters. The molecule has 2 N–H and O–H groups in total. The van der Waals surface area contributed by atoms with Crippen molar-refractivity contribution in [3.63, 3.8) is 0 Å². The maximum Gasteiger partial charge on any atom is 0.251 e. The highest BCUT2D eigenvalue weighted by Crippen LogP contribution is 2.37. The number of carbonyl (C=O) groups excluding carboxylic acids is 2. The van der Waals surface area contributed by atoms with Crippen molar-refractivity contribution in [2.75, 3.05) is 6.61 Å². The average Bonchev–Trinajstić information content (AvgIpc) is 3.25. The van der Waals surface area contributed by atoms with Gasteiger partial charge in [-0.2, -0.15) is 0 Å². The second kappa shape index (κ2) is 9.14. The molecule has 0 spiro atoms. The van der Waals surface area contributed by atoms with Gasteiger partial charge in [0.05, 0.1) is 18.2 Å². The van der Waals surface area contributed by atoms with Gasteiger partial charge in [0, 0.05) is 12.3 Å². The molecule has 2 amide bonds. The van der Waals surface area contributed by atoms with Crippen molar-refractivity contribution in [2.45, 2.75) is 44.6 Å². The first kappa shape index (κ1) is 21.4. The molecule has 1 aliphatic carbocycles. The molecule has 5 nitrogen and oxygen atoms in total. The van der Waals surface area contributed by atoms with Crippen LogP contribution < -0.4 is 5.73 Å². The third kappa shape index (κ3) is 4.77. The second-order valence-corrected chi connectivity index (χ2v) is 8.45. The number of nitrogens with two attached hydrogens (primary N) is 1. The van der Waals surface area contributed by atoms with Gasteiger partial charge < -0.3 is 5.73 Å². The summed E-state index contributed by atoms with van der Waals surface area (Å²) in [7, 11) is 0. The number of rotatable bonds is 5. The maximum absolute atomic E-state index is 13.7. The first-order valence-electron chi connectivity index (χ1n) is 10.7. The van der Waals surface area contributed by atoms with Crippen LogP contribution in [0.5, 0.6) is 0 Å². The number of benzene rings is 2. The lowest BCUT2D eigenvalue weighted by Crippen LogP contribution is -2.36. The molecule has 4 rings (SSSR count). The van der Waals surface area contributed by atoms with Gasteiger partial charge in [0.1, 0.15) is 11.6 Å². The van der Waals surface area contributed by atoms with Crippen LogP contribution in [0.4, 0.5) is 8.78 Å². The fourth-order valence-electron chi connectivity index (χ4n) is 4.69. The summed E-state index contributed by atoms with van der Waals surface area (Å²) in [6, 6.07) is 10.5. The first-order valence-corrected chi connectivity index (χ1v) is 10.7. The highest BCUT2D eigenvalue weighted by molar-refractivity contribution is 5.93. The molecular weight excluding hydrogens is 402 g/mol. The highest BCUT2D eigenvalue weighted by Gasteiger charge is 2.37. The normalized spacial score (nSPS) is 23.7. The van der Waals surface area contributed by atoms with Crippen LogP contribution in [0.3, 0.4) is 0 Å². The third-order valence-electron chi connectivity index (χ3n) is 6.39. The van der Waals surface area contributed by atoms with Gasteiger partial charge in [0.15, 0.2) is 0 Å². The molecule has 2 fully saturated rings. The van der Waals surface area contributed by atoms with E-state index in [1.165, 1.54) is 29.3 Å². The maximum atomic E-state index is 13.7. The van der Waals surface area contributed by atoms with Crippen molar-refractivity contribution >= 4 is 11.8 Å². The Kier molecular flexibility index (Phi) is 6.32. The summed E-state index contributed by atoms with van der Waals surface area (Å²) in [5.41, 5.74) is 6.91. The number of halogens is 2. The zero-order chi connectivity index (χ0) is 22.0. The topological polar surface area (TPSA) is 72.6 Å². The largest absolute Gasteiger partial charge is 0.366 e.